The zero-order valence-corrected chi connectivity index (χ0v) is 15.8. The number of carbonyl (C=O) groups excluding carboxylic acids is 1. The summed E-state index contributed by atoms with van der Waals surface area (Å²) in [5, 5.41) is 33.3. The molecule has 0 fully saturated rings. The molecule has 3 rings (SSSR count). The Morgan fingerprint density at radius 2 is 2.03 bits per heavy atom. The number of azo groups is 1. The van der Waals surface area contributed by atoms with Crippen LogP contribution in [0.5, 0.6) is 11.5 Å². The number of amides is 1. The monoisotopic (exact) mass is 397 g/mol. The molecule has 1 heterocycles. The Hall–Kier alpha value is -3.82. The Labute approximate surface area is 166 Å². The van der Waals surface area contributed by atoms with Crippen molar-refractivity contribution in [2.45, 2.75) is 19.9 Å². The van der Waals surface area contributed by atoms with Crippen LogP contribution >= 0.6 is 0 Å². The third-order valence-electron chi connectivity index (χ3n) is 4.43. The Morgan fingerprint density at radius 1 is 1.31 bits per heavy atom. The first-order chi connectivity index (χ1) is 13.9. The van der Waals surface area contributed by atoms with Crippen LogP contribution in [0.15, 0.2) is 51.7 Å². The molecule has 0 aliphatic carbocycles. The summed E-state index contributed by atoms with van der Waals surface area (Å²) >= 11 is 0. The molecule has 1 amide bonds. The van der Waals surface area contributed by atoms with E-state index in [1.54, 1.807) is 12.1 Å². The van der Waals surface area contributed by atoms with Crippen molar-refractivity contribution in [3.63, 3.8) is 0 Å². The summed E-state index contributed by atoms with van der Waals surface area (Å²) in [5.74, 6) is -0.610. The van der Waals surface area contributed by atoms with Gasteiger partial charge >= 0.3 is 5.69 Å². The molecule has 0 bridgehead atoms. The largest absolute Gasteiger partial charge is 0.504 e. The van der Waals surface area contributed by atoms with Crippen LogP contribution in [0.2, 0.25) is 0 Å². The molecular weight excluding hydrogens is 378 g/mol. The minimum Gasteiger partial charge on any atom is -0.504 e. The molecule has 1 atom stereocenters. The van der Waals surface area contributed by atoms with Crippen molar-refractivity contribution in [3.8, 4) is 11.5 Å². The van der Waals surface area contributed by atoms with Crippen molar-refractivity contribution in [3.05, 3.63) is 57.6 Å². The van der Waals surface area contributed by atoms with E-state index in [0.29, 0.717) is 12.1 Å². The first kappa shape index (κ1) is 19.9. The molecule has 29 heavy (non-hydrogen) atoms. The van der Waals surface area contributed by atoms with Crippen LogP contribution in [0.25, 0.3) is 0 Å². The lowest BCUT2D eigenvalue weighted by atomic mass is 9.94. The lowest BCUT2D eigenvalue weighted by molar-refractivity contribution is -0.386. The van der Waals surface area contributed by atoms with Gasteiger partial charge in [-0.1, -0.05) is 19.1 Å². The highest BCUT2D eigenvalue weighted by atomic mass is 16.6. The zero-order valence-electron chi connectivity index (χ0n) is 15.8. The number of nitro benzene ring substituents is 1. The van der Waals surface area contributed by atoms with Crippen LogP contribution in [0.3, 0.4) is 0 Å². The van der Waals surface area contributed by atoms with E-state index in [4.69, 9.17) is 4.74 Å². The average molecular weight is 397 g/mol. The molecule has 0 saturated carbocycles. The number of methoxy groups -OCH3 is 1. The first-order valence-electron chi connectivity index (χ1n) is 8.78. The van der Waals surface area contributed by atoms with E-state index in [9.17, 15) is 20.0 Å². The number of phenols is 1. The Kier molecular flexibility index (Phi) is 5.82. The number of carbonyl (C=O) groups is 1. The zero-order chi connectivity index (χ0) is 21.0. The second-order valence-corrected chi connectivity index (χ2v) is 6.47. The number of ether oxygens (including phenoxy) is 1. The second-order valence-electron chi connectivity index (χ2n) is 6.47. The summed E-state index contributed by atoms with van der Waals surface area (Å²) in [6.45, 7) is 1.88. The van der Waals surface area contributed by atoms with Gasteiger partial charge in [-0.15, -0.1) is 0 Å². The standard InChI is InChI=1S/C19H19N5O5/c1-11-9-16(26)22-23-17(11)12-3-6-14(7-4-12)21-20-10-13-5-8-15(25)19(29-2)18(13)24(27)28/h3-8,11,25H,9-10H2,1-2H3,(H,22,26). The molecule has 150 valence electrons. The SMILES string of the molecule is COc1c(O)ccc(CN=Nc2ccc(C3=NNC(=O)CC3C)cc2)c1[N+](=O)[O-]. The fourth-order valence-corrected chi connectivity index (χ4v) is 3.02. The van der Waals surface area contributed by atoms with E-state index >= 15 is 0 Å². The predicted octanol–water partition coefficient (Wildman–Crippen LogP) is 3.45. The van der Waals surface area contributed by atoms with Crippen molar-refractivity contribution < 1.29 is 19.6 Å². The van der Waals surface area contributed by atoms with E-state index < -0.39 is 4.92 Å². The predicted molar refractivity (Wildman–Crippen MR) is 104 cm³/mol. The molecule has 0 saturated heterocycles. The summed E-state index contributed by atoms with van der Waals surface area (Å²) in [7, 11) is 1.25. The van der Waals surface area contributed by atoms with Crippen LogP contribution in [0, 0.1) is 16.0 Å². The molecule has 1 aliphatic rings. The van der Waals surface area contributed by atoms with E-state index in [1.807, 2.05) is 19.1 Å². The van der Waals surface area contributed by atoms with Gasteiger partial charge in [-0.05, 0) is 29.8 Å². The molecule has 2 N–H and O–H groups in total. The van der Waals surface area contributed by atoms with Gasteiger partial charge in [-0.3, -0.25) is 14.9 Å². The fraction of sp³-hybridized carbons (Fsp3) is 0.263. The van der Waals surface area contributed by atoms with Gasteiger partial charge in [-0.2, -0.15) is 15.3 Å². The van der Waals surface area contributed by atoms with Crippen LogP contribution in [-0.4, -0.2) is 28.8 Å². The average Bonchev–Trinajstić information content (AvgIpc) is 2.69. The highest BCUT2D eigenvalue weighted by Crippen LogP contribution is 2.39. The summed E-state index contributed by atoms with van der Waals surface area (Å²) < 4.78 is 4.93. The Bertz CT molecular complexity index is 1000. The third-order valence-corrected chi connectivity index (χ3v) is 4.43. The van der Waals surface area contributed by atoms with Gasteiger partial charge in [0.1, 0.15) is 0 Å². The van der Waals surface area contributed by atoms with E-state index in [1.165, 1.54) is 19.2 Å². The number of phenolic OH excluding ortho intramolecular Hbond substituents is 1. The smallest absolute Gasteiger partial charge is 0.319 e. The summed E-state index contributed by atoms with van der Waals surface area (Å²) in [6.07, 6.45) is 0.384. The van der Waals surface area contributed by atoms with Gasteiger partial charge in [0.2, 0.25) is 11.7 Å². The normalized spacial score (nSPS) is 16.4. The molecule has 1 aliphatic heterocycles. The van der Waals surface area contributed by atoms with E-state index in [2.05, 4.69) is 20.8 Å². The molecule has 2 aromatic carbocycles. The van der Waals surface area contributed by atoms with Gasteiger partial charge in [0.05, 0.1) is 35.5 Å². The van der Waals surface area contributed by atoms with Gasteiger partial charge in [0.25, 0.3) is 0 Å². The number of nitro groups is 1. The highest BCUT2D eigenvalue weighted by molar-refractivity contribution is 6.05. The van der Waals surface area contributed by atoms with Crippen LogP contribution in [0.4, 0.5) is 11.4 Å². The van der Waals surface area contributed by atoms with E-state index in [0.717, 1.165) is 11.3 Å². The minimum atomic E-state index is -0.622. The highest BCUT2D eigenvalue weighted by Gasteiger charge is 2.24. The van der Waals surface area contributed by atoms with Crippen molar-refractivity contribution in [2.75, 3.05) is 7.11 Å². The lowest BCUT2D eigenvalue weighted by Crippen LogP contribution is -2.31. The summed E-state index contributed by atoms with van der Waals surface area (Å²) in [5.41, 5.74) is 4.64. The Balaban J connectivity index is 1.75. The lowest BCUT2D eigenvalue weighted by Gasteiger charge is -2.19. The van der Waals surface area contributed by atoms with Crippen LogP contribution < -0.4 is 10.2 Å². The topological polar surface area (TPSA) is 139 Å². The van der Waals surface area contributed by atoms with E-state index in [-0.39, 0.29) is 41.1 Å². The molecule has 0 aromatic heterocycles. The molecule has 2 aromatic rings. The number of aromatic hydroxyl groups is 1. The van der Waals surface area contributed by atoms with Crippen molar-refractivity contribution in [1.82, 2.24) is 5.43 Å². The number of hydrazone groups is 1. The Morgan fingerprint density at radius 3 is 2.66 bits per heavy atom. The number of hydrogen-bond donors (Lipinski definition) is 2. The van der Waals surface area contributed by atoms with Crippen molar-refractivity contribution >= 4 is 23.0 Å². The molecule has 1 unspecified atom stereocenters. The number of hydrogen-bond acceptors (Lipinski definition) is 8. The minimum absolute atomic E-state index is 0.0150. The summed E-state index contributed by atoms with van der Waals surface area (Å²) in [4.78, 5) is 22.1. The maximum absolute atomic E-state index is 11.4. The number of nitrogens with one attached hydrogen (secondary N) is 1. The molecule has 10 heteroatoms. The third kappa shape index (κ3) is 4.37. The fourth-order valence-electron chi connectivity index (χ4n) is 3.02. The maximum Gasteiger partial charge on any atom is 0.319 e. The van der Waals surface area contributed by atoms with Crippen molar-refractivity contribution in [2.24, 2.45) is 21.2 Å². The molecule has 10 nitrogen and oxygen atoms in total. The maximum atomic E-state index is 11.4. The van der Waals surface area contributed by atoms with Crippen LogP contribution in [-0.2, 0) is 11.3 Å². The summed E-state index contributed by atoms with van der Waals surface area (Å²) in [6, 6.07) is 9.87. The quantitative estimate of drug-likeness (QED) is 0.436. The van der Waals surface area contributed by atoms with Gasteiger partial charge in [-0.25, -0.2) is 5.43 Å². The number of nitrogens with zero attached hydrogens (tertiary/aromatic N) is 4. The van der Waals surface area contributed by atoms with Gasteiger partial charge in [0.15, 0.2) is 5.75 Å². The second kappa shape index (κ2) is 8.46. The number of benzene rings is 2. The van der Waals surface area contributed by atoms with Gasteiger partial charge in [0, 0.05) is 12.3 Å². The number of rotatable bonds is 6. The molecule has 0 spiro atoms. The first-order valence-corrected chi connectivity index (χ1v) is 8.78. The van der Waals surface area contributed by atoms with Crippen molar-refractivity contribution in [1.29, 1.82) is 0 Å². The molecular formula is C19H19N5O5. The van der Waals surface area contributed by atoms with Crippen LogP contribution in [0.1, 0.15) is 24.5 Å². The van der Waals surface area contributed by atoms with Gasteiger partial charge < -0.3 is 9.84 Å². The molecule has 0 radical (unpaired) electrons.